The lowest BCUT2D eigenvalue weighted by atomic mass is 9.81. The smallest absolute Gasteiger partial charge is 0.227 e. The van der Waals surface area contributed by atoms with Gasteiger partial charge in [-0.3, -0.25) is 4.79 Å². The van der Waals surface area contributed by atoms with Crippen LogP contribution in [0.5, 0.6) is 5.75 Å². The van der Waals surface area contributed by atoms with Crippen LogP contribution in [0.4, 0.5) is 0 Å². The second-order valence-corrected chi connectivity index (χ2v) is 5.72. The molecule has 0 aromatic heterocycles. The fourth-order valence-electron chi connectivity index (χ4n) is 3.02. The standard InChI is InChI=1S/C17H26N2O2/c1-3-8-17(9-10-18-13-17)16(20)19-12-14-6-5-7-15(11-14)21-4-2/h5-7,11,18H,3-4,8-10,12-13H2,1-2H3,(H,19,20). The van der Waals surface area contributed by atoms with Crippen molar-refractivity contribution in [1.82, 2.24) is 10.6 Å². The van der Waals surface area contributed by atoms with E-state index < -0.39 is 0 Å². The van der Waals surface area contributed by atoms with E-state index in [0.717, 1.165) is 43.7 Å². The molecule has 4 nitrogen and oxygen atoms in total. The average molecular weight is 290 g/mol. The summed E-state index contributed by atoms with van der Waals surface area (Å²) in [6.45, 7) is 7.06. The van der Waals surface area contributed by atoms with Crippen LogP contribution in [0.3, 0.4) is 0 Å². The third-order valence-corrected chi connectivity index (χ3v) is 4.12. The number of amides is 1. The summed E-state index contributed by atoms with van der Waals surface area (Å²) < 4.78 is 5.49. The summed E-state index contributed by atoms with van der Waals surface area (Å²) in [5.41, 5.74) is 0.860. The Bertz CT molecular complexity index is 468. The van der Waals surface area contributed by atoms with Crippen LogP contribution in [0.25, 0.3) is 0 Å². The highest BCUT2D eigenvalue weighted by molar-refractivity contribution is 5.83. The van der Waals surface area contributed by atoms with Crippen molar-refractivity contribution < 1.29 is 9.53 Å². The maximum absolute atomic E-state index is 12.6. The SMILES string of the molecule is CCCC1(C(=O)NCc2cccc(OCC)c2)CCNC1. The Morgan fingerprint density at radius 3 is 2.95 bits per heavy atom. The molecule has 0 saturated carbocycles. The first-order chi connectivity index (χ1) is 10.2. The molecule has 116 valence electrons. The molecule has 1 aliphatic rings. The Morgan fingerprint density at radius 1 is 1.43 bits per heavy atom. The van der Waals surface area contributed by atoms with Gasteiger partial charge in [0.15, 0.2) is 0 Å². The lowest BCUT2D eigenvalue weighted by Crippen LogP contribution is -2.42. The molecule has 1 fully saturated rings. The maximum Gasteiger partial charge on any atom is 0.227 e. The van der Waals surface area contributed by atoms with Gasteiger partial charge in [-0.15, -0.1) is 0 Å². The molecule has 2 rings (SSSR count). The fraction of sp³-hybridized carbons (Fsp3) is 0.588. The molecule has 0 bridgehead atoms. The number of ether oxygens (including phenoxy) is 1. The van der Waals surface area contributed by atoms with Gasteiger partial charge in [-0.1, -0.05) is 25.5 Å². The van der Waals surface area contributed by atoms with Gasteiger partial charge >= 0.3 is 0 Å². The van der Waals surface area contributed by atoms with Gasteiger partial charge in [0.05, 0.1) is 12.0 Å². The molecule has 1 amide bonds. The molecule has 1 heterocycles. The number of nitrogens with one attached hydrogen (secondary N) is 2. The highest BCUT2D eigenvalue weighted by Crippen LogP contribution is 2.31. The molecular weight excluding hydrogens is 264 g/mol. The monoisotopic (exact) mass is 290 g/mol. The topological polar surface area (TPSA) is 50.4 Å². The zero-order valence-corrected chi connectivity index (χ0v) is 13.1. The van der Waals surface area contributed by atoms with E-state index in [0.29, 0.717) is 13.2 Å². The van der Waals surface area contributed by atoms with Crippen molar-refractivity contribution in [2.75, 3.05) is 19.7 Å². The Kier molecular flexibility index (Phi) is 5.62. The maximum atomic E-state index is 12.6. The van der Waals surface area contributed by atoms with Crippen molar-refractivity contribution in [3.63, 3.8) is 0 Å². The van der Waals surface area contributed by atoms with E-state index in [9.17, 15) is 4.79 Å². The lowest BCUT2D eigenvalue weighted by Gasteiger charge is -2.26. The van der Waals surface area contributed by atoms with E-state index in [2.05, 4.69) is 17.6 Å². The summed E-state index contributed by atoms with van der Waals surface area (Å²) in [6, 6.07) is 7.91. The van der Waals surface area contributed by atoms with Gasteiger partial charge in [0.25, 0.3) is 0 Å². The largest absolute Gasteiger partial charge is 0.494 e. The summed E-state index contributed by atoms with van der Waals surface area (Å²) in [5, 5.41) is 6.42. The number of carbonyl (C=O) groups excluding carboxylic acids is 1. The van der Waals surface area contributed by atoms with Gasteiger partial charge in [0, 0.05) is 13.1 Å². The third kappa shape index (κ3) is 3.97. The van der Waals surface area contributed by atoms with Crippen LogP contribution in [-0.4, -0.2) is 25.6 Å². The van der Waals surface area contributed by atoms with Gasteiger partial charge in [0.2, 0.25) is 5.91 Å². The normalized spacial score (nSPS) is 21.2. The van der Waals surface area contributed by atoms with Crippen LogP contribution < -0.4 is 15.4 Å². The summed E-state index contributed by atoms with van der Waals surface area (Å²) in [5.74, 6) is 1.03. The van der Waals surface area contributed by atoms with E-state index in [1.165, 1.54) is 0 Å². The molecule has 21 heavy (non-hydrogen) atoms. The average Bonchev–Trinajstić information content (AvgIpc) is 2.96. The second-order valence-electron chi connectivity index (χ2n) is 5.72. The lowest BCUT2D eigenvalue weighted by molar-refractivity contribution is -0.130. The first-order valence-corrected chi connectivity index (χ1v) is 7.91. The van der Waals surface area contributed by atoms with Gasteiger partial charge < -0.3 is 15.4 Å². The first-order valence-electron chi connectivity index (χ1n) is 7.91. The molecule has 0 radical (unpaired) electrons. The molecule has 1 atom stereocenters. The van der Waals surface area contributed by atoms with Crippen molar-refractivity contribution in [3.05, 3.63) is 29.8 Å². The van der Waals surface area contributed by atoms with Crippen LogP contribution in [0, 0.1) is 5.41 Å². The molecule has 1 saturated heterocycles. The van der Waals surface area contributed by atoms with Crippen LogP contribution in [0.15, 0.2) is 24.3 Å². The number of hydrogen-bond acceptors (Lipinski definition) is 3. The highest BCUT2D eigenvalue weighted by atomic mass is 16.5. The Morgan fingerprint density at radius 2 is 2.29 bits per heavy atom. The molecule has 1 aliphatic heterocycles. The van der Waals surface area contributed by atoms with E-state index in [4.69, 9.17) is 4.74 Å². The molecule has 1 aromatic rings. The van der Waals surface area contributed by atoms with Crippen molar-refractivity contribution in [3.8, 4) is 5.75 Å². The van der Waals surface area contributed by atoms with Crippen molar-refractivity contribution in [2.24, 2.45) is 5.41 Å². The minimum absolute atomic E-state index is 0.177. The molecule has 0 spiro atoms. The number of rotatable bonds is 7. The molecule has 2 N–H and O–H groups in total. The van der Waals surface area contributed by atoms with E-state index in [1.54, 1.807) is 0 Å². The van der Waals surface area contributed by atoms with E-state index in [-0.39, 0.29) is 11.3 Å². The van der Waals surface area contributed by atoms with Crippen molar-refractivity contribution in [1.29, 1.82) is 0 Å². The minimum Gasteiger partial charge on any atom is -0.494 e. The van der Waals surface area contributed by atoms with Crippen LogP contribution in [0.2, 0.25) is 0 Å². The predicted molar refractivity (Wildman–Crippen MR) is 84.3 cm³/mol. The fourth-order valence-corrected chi connectivity index (χ4v) is 3.02. The van der Waals surface area contributed by atoms with Gasteiger partial charge in [-0.2, -0.15) is 0 Å². The Labute approximate surface area is 127 Å². The molecule has 1 aromatic carbocycles. The number of benzene rings is 1. The first kappa shape index (κ1) is 15.8. The van der Waals surface area contributed by atoms with Crippen LogP contribution >= 0.6 is 0 Å². The van der Waals surface area contributed by atoms with Gasteiger partial charge in [-0.25, -0.2) is 0 Å². The summed E-state index contributed by atoms with van der Waals surface area (Å²) in [7, 11) is 0. The number of hydrogen-bond donors (Lipinski definition) is 2. The molecular formula is C17H26N2O2. The van der Waals surface area contributed by atoms with Crippen molar-refractivity contribution in [2.45, 2.75) is 39.7 Å². The summed E-state index contributed by atoms with van der Waals surface area (Å²) in [6.07, 6.45) is 2.92. The second kappa shape index (κ2) is 7.46. The molecule has 1 unspecified atom stereocenters. The molecule has 4 heteroatoms. The van der Waals surface area contributed by atoms with E-state index >= 15 is 0 Å². The minimum atomic E-state index is -0.216. The van der Waals surface area contributed by atoms with Crippen molar-refractivity contribution >= 4 is 5.91 Å². The highest BCUT2D eigenvalue weighted by Gasteiger charge is 2.39. The Hall–Kier alpha value is -1.55. The van der Waals surface area contributed by atoms with Crippen LogP contribution in [0.1, 0.15) is 38.7 Å². The predicted octanol–water partition coefficient (Wildman–Crippen LogP) is 2.48. The summed E-state index contributed by atoms with van der Waals surface area (Å²) >= 11 is 0. The quantitative estimate of drug-likeness (QED) is 0.811. The van der Waals surface area contributed by atoms with Crippen LogP contribution in [-0.2, 0) is 11.3 Å². The van der Waals surface area contributed by atoms with Gasteiger partial charge in [-0.05, 0) is 44.0 Å². The van der Waals surface area contributed by atoms with E-state index in [1.807, 2.05) is 31.2 Å². The third-order valence-electron chi connectivity index (χ3n) is 4.12. The Balaban J connectivity index is 1.95. The summed E-state index contributed by atoms with van der Waals surface area (Å²) in [4.78, 5) is 12.6. The molecule has 0 aliphatic carbocycles. The zero-order valence-electron chi connectivity index (χ0n) is 13.1. The van der Waals surface area contributed by atoms with Gasteiger partial charge in [0.1, 0.15) is 5.75 Å². The zero-order chi connectivity index (χ0) is 15.1. The number of carbonyl (C=O) groups is 1.